The summed E-state index contributed by atoms with van der Waals surface area (Å²) in [4.78, 5) is 26.0. The maximum atomic E-state index is 13.1. The van der Waals surface area contributed by atoms with Gasteiger partial charge in [0.25, 0.3) is 5.91 Å². The van der Waals surface area contributed by atoms with Gasteiger partial charge in [0.05, 0.1) is 12.0 Å². The number of methoxy groups -OCH3 is 1. The van der Waals surface area contributed by atoms with Crippen molar-refractivity contribution in [1.29, 1.82) is 0 Å². The molecule has 8 nitrogen and oxygen atoms in total. The van der Waals surface area contributed by atoms with Gasteiger partial charge in [-0.25, -0.2) is 13.2 Å². The molecule has 0 aliphatic carbocycles. The number of imide groups is 1. The molecule has 1 aromatic carbocycles. The van der Waals surface area contributed by atoms with Gasteiger partial charge in [-0.2, -0.15) is 4.31 Å². The lowest BCUT2D eigenvalue weighted by Crippen LogP contribution is -2.55. The van der Waals surface area contributed by atoms with Crippen molar-refractivity contribution in [2.45, 2.75) is 44.0 Å². The Morgan fingerprint density at radius 1 is 1.15 bits per heavy atom. The molecule has 27 heavy (non-hydrogen) atoms. The van der Waals surface area contributed by atoms with Gasteiger partial charge in [0.1, 0.15) is 11.3 Å². The number of urea groups is 1. The molecule has 2 aliphatic rings. The Balaban J connectivity index is 1.83. The topological polar surface area (TPSA) is 96.0 Å². The number of nitrogens with one attached hydrogen (secondary N) is 1. The number of hydrogen-bond donors (Lipinski definition) is 1. The van der Waals surface area contributed by atoms with Gasteiger partial charge in [0.15, 0.2) is 0 Å². The first-order valence-corrected chi connectivity index (χ1v) is 10.4. The molecule has 2 aliphatic heterocycles. The van der Waals surface area contributed by atoms with E-state index in [1.807, 2.05) is 6.92 Å². The molecule has 0 aromatic heterocycles. The van der Waals surface area contributed by atoms with Crippen molar-refractivity contribution in [3.63, 3.8) is 0 Å². The van der Waals surface area contributed by atoms with E-state index >= 15 is 0 Å². The zero-order valence-electron chi connectivity index (χ0n) is 16.0. The molecular formula is C18H25N3O5S. The van der Waals surface area contributed by atoms with Crippen molar-refractivity contribution < 1.29 is 22.7 Å². The summed E-state index contributed by atoms with van der Waals surface area (Å²) in [6.45, 7) is 5.98. The molecule has 2 heterocycles. The van der Waals surface area contributed by atoms with Crippen LogP contribution in [0, 0.1) is 13.8 Å². The van der Waals surface area contributed by atoms with Crippen LogP contribution in [0.3, 0.4) is 0 Å². The average Bonchev–Trinajstić information content (AvgIpc) is 2.86. The zero-order chi connectivity index (χ0) is 20.0. The Morgan fingerprint density at radius 2 is 1.78 bits per heavy atom. The average molecular weight is 395 g/mol. The lowest BCUT2D eigenvalue weighted by Gasteiger charge is -2.36. The summed E-state index contributed by atoms with van der Waals surface area (Å²) in [5, 5.41) is 2.77. The zero-order valence-corrected chi connectivity index (χ0v) is 16.9. The van der Waals surface area contributed by atoms with Crippen molar-refractivity contribution in [1.82, 2.24) is 14.5 Å². The lowest BCUT2D eigenvalue weighted by molar-refractivity contribution is -0.132. The number of likely N-dealkylation sites (N-methyl/N-ethyl adjacent to an activating group) is 1. The first-order chi connectivity index (χ1) is 12.7. The number of benzene rings is 1. The maximum absolute atomic E-state index is 13.1. The second kappa shape index (κ2) is 6.79. The largest absolute Gasteiger partial charge is 0.496 e. The van der Waals surface area contributed by atoms with Gasteiger partial charge >= 0.3 is 6.03 Å². The fraction of sp³-hybridized carbons (Fsp3) is 0.556. The number of ether oxygens (including phenoxy) is 1. The molecule has 148 valence electrons. The number of hydrogen-bond acceptors (Lipinski definition) is 5. The van der Waals surface area contributed by atoms with Crippen LogP contribution in [0.4, 0.5) is 4.79 Å². The van der Waals surface area contributed by atoms with Crippen LogP contribution in [0.25, 0.3) is 0 Å². The third-order valence-electron chi connectivity index (χ3n) is 5.66. The number of piperidine rings is 1. The first-order valence-electron chi connectivity index (χ1n) is 8.96. The monoisotopic (exact) mass is 395 g/mol. The number of sulfonamides is 1. The highest BCUT2D eigenvalue weighted by atomic mass is 32.2. The Hall–Kier alpha value is -2.13. The summed E-state index contributed by atoms with van der Waals surface area (Å²) in [5.74, 6) is 0.381. The third-order valence-corrected chi connectivity index (χ3v) is 7.71. The van der Waals surface area contributed by atoms with Gasteiger partial charge < -0.3 is 10.1 Å². The lowest BCUT2D eigenvalue weighted by atomic mass is 9.88. The van der Waals surface area contributed by atoms with Crippen LogP contribution < -0.4 is 10.1 Å². The van der Waals surface area contributed by atoms with Crippen molar-refractivity contribution in [3.8, 4) is 5.75 Å². The molecule has 1 N–H and O–H groups in total. The van der Waals surface area contributed by atoms with Crippen LogP contribution in [-0.4, -0.2) is 61.8 Å². The maximum Gasteiger partial charge on any atom is 0.325 e. The molecule has 0 atom stereocenters. The fourth-order valence-electron chi connectivity index (χ4n) is 3.82. The third kappa shape index (κ3) is 2.98. The van der Waals surface area contributed by atoms with Crippen LogP contribution in [0.1, 0.15) is 30.9 Å². The molecule has 2 saturated heterocycles. The Kier molecular flexibility index (Phi) is 4.94. The predicted molar refractivity (Wildman–Crippen MR) is 99.1 cm³/mol. The molecule has 0 bridgehead atoms. The van der Waals surface area contributed by atoms with Crippen molar-refractivity contribution in [2.75, 3.05) is 26.7 Å². The van der Waals surface area contributed by atoms with Gasteiger partial charge in [-0.1, -0.05) is 0 Å². The summed E-state index contributed by atoms with van der Waals surface area (Å²) in [6.07, 6.45) is 0.531. The van der Waals surface area contributed by atoms with Crippen LogP contribution in [-0.2, 0) is 14.8 Å². The highest BCUT2D eigenvalue weighted by Crippen LogP contribution is 2.34. The molecule has 9 heteroatoms. The van der Waals surface area contributed by atoms with Gasteiger partial charge in [-0.05, 0) is 56.9 Å². The normalized spacial score (nSPS) is 20.2. The number of nitrogens with zero attached hydrogens (tertiary/aromatic N) is 2. The molecule has 3 rings (SSSR count). The summed E-state index contributed by atoms with van der Waals surface area (Å²) in [7, 11) is -2.15. The molecular weight excluding hydrogens is 370 g/mol. The predicted octanol–water partition coefficient (Wildman–Crippen LogP) is 1.41. The van der Waals surface area contributed by atoms with Gasteiger partial charge in [0.2, 0.25) is 10.0 Å². The smallest absolute Gasteiger partial charge is 0.325 e. The molecule has 3 amide bonds. The van der Waals surface area contributed by atoms with Crippen molar-refractivity contribution >= 4 is 22.0 Å². The Morgan fingerprint density at radius 3 is 2.30 bits per heavy atom. The number of carbonyl (C=O) groups excluding carboxylic acids is 2. The van der Waals surface area contributed by atoms with Gasteiger partial charge in [0, 0.05) is 19.6 Å². The number of amides is 3. The second-order valence-corrected chi connectivity index (χ2v) is 8.89. The summed E-state index contributed by atoms with van der Waals surface area (Å²) >= 11 is 0. The van der Waals surface area contributed by atoms with E-state index in [-0.39, 0.29) is 36.7 Å². The minimum atomic E-state index is -3.70. The van der Waals surface area contributed by atoms with E-state index in [4.69, 9.17) is 4.74 Å². The van der Waals surface area contributed by atoms with Crippen LogP contribution in [0.15, 0.2) is 17.0 Å². The van der Waals surface area contributed by atoms with Crippen LogP contribution >= 0.6 is 0 Å². The first kappa shape index (κ1) is 19.6. The molecule has 0 radical (unpaired) electrons. The number of carbonyl (C=O) groups is 2. The second-order valence-electron chi connectivity index (χ2n) is 6.98. The van der Waals surface area contributed by atoms with E-state index in [9.17, 15) is 18.0 Å². The van der Waals surface area contributed by atoms with E-state index in [1.54, 1.807) is 33.1 Å². The fourth-order valence-corrected chi connectivity index (χ4v) is 5.54. The summed E-state index contributed by atoms with van der Waals surface area (Å²) in [6, 6.07) is 2.81. The number of rotatable bonds is 4. The summed E-state index contributed by atoms with van der Waals surface area (Å²) in [5.41, 5.74) is 0.449. The standard InChI is InChI=1S/C18H25N3O5S/c1-5-21-16(22)18(19-17(21)23)8-10-20(11-9-18)27(24,25)15-7-6-14(26-4)12(2)13(15)3/h6-7H,5,8-11H2,1-4H3,(H,19,23). The quantitative estimate of drug-likeness (QED) is 0.778. The van der Waals surface area contributed by atoms with E-state index in [0.717, 1.165) is 5.56 Å². The van der Waals surface area contributed by atoms with Gasteiger partial charge in [-0.3, -0.25) is 9.69 Å². The minimum Gasteiger partial charge on any atom is -0.496 e. The SMILES string of the molecule is CCN1C(=O)NC2(CCN(S(=O)(=O)c3ccc(OC)c(C)c3C)CC2)C1=O. The molecule has 1 spiro atoms. The van der Waals surface area contributed by atoms with E-state index in [2.05, 4.69) is 5.32 Å². The van der Waals surface area contributed by atoms with Crippen molar-refractivity contribution in [3.05, 3.63) is 23.3 Å². The highest BCUT2D eigenvalue weighted by Gasteiger charge is 2.52. The minimum absolute atomic E-state index is 0.177. The highest BCUT2D eigenvalue weighted by molar-refractivity contribution is 7.89. The molecule has 0 saturated carbocycles. The van der Waals surface area contributed by atoms with Crippen LogP contribution in [0.5, 0.6) is 5.75 Å². The van der Waals surface area contributed by atoms with Crippen LogP contribution in [0.2, 0.25) is 0 Å². The van der Waals surface area contributed by atoms with E-state index in [1.165, 1.54) is 9.21 Å². The van der Waals surface area contributed by atoms with E-state index < -0.39 is 21.6 Å². The summed E-state index contributed by atoms with van der Waals surface area (Å²) < 4.78 is 32.9. The van der Waals surface area contributed by atoms with E-state index in [0.29, 0.717) is 17.9 Å². The van der Waals surface area contributed by atoms with Gasteiger partial charge in [-0.15, -0.1) is 0 Å². The molecule has 1 aromatic rings. The van der Waals surface area contributed by atoms with Crippen molar-refractivity contribution in [2.24, 2.45) is 0 Å². The molecule has 2 fully saturated rings. The Labute approximate surface area is 159 Å². The Bertz CT molecular complexity index is 889. The molecule has 0 unspecified atom stereocenters.